The van der Waals surface area contributed by atoms with Crippen LogP contribution >= 0.6 is 11.6 Å². The Morgan fingerprint density at radius 3 is 2.78 bits per heavy atom. The number of aliphatic imine (C=N–C) groups is 1. The van der Waals surface area contributed by atoms with E-state index in [9.17, 15) is 13.2 Å². The van der Waals surface area contributed by atoms with Crippen molar-refractivity contribution in [2.75, 3.05) is 26.2 Å². The molecule has 0 fully saturated rings. The lowest BCUT2D eigenvalue weighted by molar-refractivity contribution is -0.137. The summed E-state index contributed by atoms with van der Waals surface area (Å²) in [6.45, 7) is 7.17. The van der Waals surface area contributed by atoms with Crippen molar-refractivity contribution < 1.29 is 17.9 Å². The summed E-state index contributed by atoms with van der Waals surface area (Å²) in [6, 6.07) is 0.781. The van der Waals surface area contributed by atoms with E-state index in [1.807, 2.05) is 6.92 Å². The molecule has 0 bridgehead atoms. The van der Waals surface area contributed by atoms with Gasteiger partial charge in [0.1, 0.15) is 11.6 Å². The fourth-order valence-electron chi connectivity index (χ4n) is 1.50. The van der Waals surface area contributed by atoms with Crippen LogP contribution in [-0.4, -0.2) is 37.2 Å². The highest BCUT2D eigenvalue weighted by Gasteiger charge is 2.31. The molecule has 0 aliphatic heterocycles. The van der Waals surface area contributed by atoms with E-state index in [1.54, 1.807) is 6.08 Å². The molecule has 1 aromatic rings. The first kappa shape index (κ1) is 19.1. The first-order valence-electron chi connectivity index (χ1n) is 6.87. The number of alkyl halides is 3. The summed E-state index contributed by atoms with van der Waals surface area (Å²) >= 11 is 5.74. The Bertz CT molecular complexity index is 549. The summed E-state index contributed by atoms with van der Waals surface area (Å²) < 4.78 is 42.7. The molecule has 1 aromatic heterocycles. The number of hydrogen-bond donors (Lipinski definition) is 2. The van der Waals surface area contributed by atoms with Crippen LogP contribution < -0.4 is 15.4 Å². The summed E-state index contributed by atoms with van der Waals surface area (Å²) in [6.07, 6.45) is -2.12. The van der Waals surface area contributed by atoms with Crippen LogP contribution in [0.5, 0.6) is 5.88 Å². The molecule has 5 nitrogen and oxygen atoms in total. The molecule has 0 spiro atoms. The molecular weight excluding hydrogens is 333 g/mol. The predicted octanol–water partition coefficient (Wildman–Crippen LogP) is 2.87. The largest absolute Gasteiger partial charge is 0.475 e. The van der Waals surface area contributed by atoms with Crippen molar-refractivity contribution in [1.82, 2.24) is 15.6 Å². The second kappa shape index (κ2) is 9.24. The lowest BCUT2D eigenvalue weighted by Gasteiger charge is -2.11. The topological polar surface area (TPSA) is 58.5 Å². The maximum absolute atomic E-state index is 12.5. The van der Waals surface area contributed by atoms with Crippen LogP contribution in [0.1, 0.15) is 12.5 Å². The third kappa shape index (κ3) is 6.77. The highest BCUT2D eigenvalue weighted by atomic mass is 35.5. The molecule has 0 aliphatic carbocycles. The van der Waals surface area contributed by atoms with Crippen LogP contribution in [0, 0.1) is 0 Å². The van der Waals surface area contributed by atoms with Gasteiger partial charge in [-0.15, -0.1) is 6.58 Å². The molecule has 1 rings (SSSR count). The van der Waals surface area contributed by atoms with E-state index in [4.69, 9.17) is 16.3 Å². The lowest BCUT2D eigenvalue weighted by atomic mass is 10.3. The number of rotatable bonds is 7. The molecule has 0 aliphatic rings. The molecule has 0 unspecified atom stereocenters. The van der Waals surface area contributed by atoms with E-state index in [-0.39, 0.29) is 24.1 Å². The van der Waals surface area contributed by atoms with Crippen molar-refractivity contribution in [1.29, 1.82) is 0 Å². The molecule has 0 radical (unpaired) electrons. The third-order valence-corrected chi connectivity index (χ3v) is 2.76. The van der Waals surface area contributed by atoms with Crippen LogP contribution in [0.15, 0.2) is 29.9 Å². The van der Waals surface area contributed by atoms with Gasteiger partial charge in [-0.3, -0.25) is 0 Å². The van der Waals surface area contributed by atoms with Gasteiger partial charge >= 0.3 is 6.18 Å². The molecule has 0 amide bonds. The number of aromatic nitrogens is 1. The molecule has 128 valence electrons. The summed E-state index contributed by atoms with van der Waals surface area (Å²) in [5.74, 6) is 0.529. The quantitative estimate of drug-likeness (QED) is 0.343. The summed E-state index contributed by atoms with van der Waals surface area (Å²) in [7, 11) is 0. The molecule has 1 heterocycles. The Kier molecular flexibility index (Phi) is 7.67. The fourth-order valence-corrected chi connectivity index (χ4v) is 1.72. The van der Waals surface area contributed by atoms with Gasteiger partial charge in [0.2, 0.25) is 5.88 Å². The van der Waals surface area contributed by atoms with E-state index in [1.165, 1.54) is 0 Å². The molecule has 0 saturated heterocycles. The Morgan fingerprint density at radius 1 is 1.48 bits per heavy atom. The zero-order valence-corrected chi connectivity index (χ0v) is 13.3. The van der Waals surface area contributed by atoms with E-state index in [2.05, 4.69) is 27.2 Å². The number of ether oxygens (including phenoxy) is 1. The Balaban J connectivity index is 2.56. The van der Waals surface area contributed by atoms with Crippen molar-refractivity contribution in [3.05, 3.63) is 35.5 Å². The first-order chi connectivity index (χ1) is 10.9. The Hall–Kier alpha value is -1.96. The van der Waals surface area contributed by atoms with Gasteiger partial charge < -0.3 is 15.4 Å². The average molecular weight is 351 g/mol. The SMILES string of the molecule is C=CCNC(=NCCOc1ncc(C(F)(F)F)cc1Cl)NCC. The molecule has 23 heavy (non-hydrogen) atoms. The third-order valence-electron chi connectivity index (χ3n) is 2.49. The fraction of sp³-hybridized carbons (Fsp3) is 0.429. The van der Waals surface area contributed by atoms with Crippen LogP contribution in [0.3, 0.4) is 0 Å². The second-order valence-corrected chi connectivity index (χ2v) is 4.69. The van der Waals surface area contributed by atoms with Gasteiger partial charge in [-0.25, -0.2) is 9.98 Å². The van der Waals surface area contributed by atoms with Gasteiger partial charge in [0, 0.05) is 19.3 Å². The minimum absolute atomic E-state index is 0.0566. The summed E-state index contributed by atoms with van der Waals surface area (Å²) in [4.78, 5) is 7.80. The average Bonchev–Trinajstić information content (AvgIpc) is 2.49. The maximum Gasteiger partial charge on any atom is 0.417 e. The van der Waals surface area contributed by atoms with E-state index >= 15 is 0 Å². The molecule has 2 N–H and O–H groups in total. The summed E-state index contributed by atoms with van der Waals surface area (Å²) in [5, 5.41) is 5.83. The highest BCUT2D eigenvalue weighted by molar-refractivity contribution is 6.31. The number of nitrogens with zero attached hydrogens (tertiary/aromatic N) is 2. The van der Waals surface area contributed by atoms with E-state index in [0.717, 1.165) is 6.07 Å². The van der Waals surface area contributed by atoms with Crippen molar-refractivity contribution in [2.24, 2.45) is 4.99 Å². The number of nitrogens with one attached hydrogen (secondary N) is 2. The molecule has 0 atom stereocenters. The Labute approximate surface area is 137 Å². The van der Waals surface area contributed by atoms with Gasteiger partial charge in [-0.1, -0.05) is 17.7 Å². The number of pyridine rings is 1. The summed E-state index contributed by atoms with van der Waals surface area (Å²) in [5.41, 5.74) is -0.920. The molecule has 0 saturated carbocycles. The second-order valence-electron chi connectivity index (χ2n) is 4.29. The zero-order valence-electron chi connectivity index (χ0n) is 12.6. The van der Waals surface area contributed by atoms with Gasteiger partial charge in [-0.2, -0.15) is 13.2 Å². The highest BCUT2D eigenvalue weighted by Crippen LogP contribution is 2.32. The minimum Gasteiger partial charge on any atom is -0.475 e. The zero-order chi connectivity index (χ0) is 17.3. The Morgan fingerprint density at radius 2 is 2.22 bits per heavy atom. The minimum atomic E-state index is -4.49. The lowest BCUT2D eigenvalue weighted by Crippen LogP contribution is -2.37. The standard InChI is InChI=1S/C14H18ClF3N4O/c1-3-5-20-13(19-4-2)21-6-7-23-12-11(15)8-10(9-22-12)14(16,17)18/h3,8-9H,1,4-7H2,2H3,(H2,19,20,21). The van der Waals surface area contributed by atoms with Gasteiger partial charge in [-0.05, 0) is 13.0 Å². The smallest absolute Gasteiger partial charge is 0.417 e. The number of guanidine groups is 1. The van der Waals surface area contributed by atoms with Crippen molar-refractivity contribution >= 4 is 17.6 Å². The van der Waals surface area contributed by atoms with Gasteiger partial charge in [0.05, 0.1) is 12.1 Å². The predicted molar refractivity (Wildman–Crippen MR) is 83.9 cm³/mol. The van der Waals surface area contributed by atoms with Gasteiger partial charge in [0.15, 0.2) is 5.96 Å². The normalized spacial score (nSPS) is 12.0. The van der Waals surface area contributed by atoms with Crippen molar-refractivity contribution in [3.63, 3.8) is 0 Å². The first-order valence-corrected chi connectivity index (χ1v) is 7.25. The van der Waals surface area contributed by atoms with Crippen molar-refractivity contribution in [3.8, 4) is 5.88 Å². The molecule has 0 aromatic carbocycles. The van der Waals surface area contributed by atoms with Gasteiger partial charge in [0.25, 0.3) is 0 Å². The van der Waals surface area contributed by atoms with Crippen LogP contribution in [0.4, 0.5) is 13.2 Å². The molecule has 9 heteroatoms. The van der Waals surface area contributed by atoms with E-state index in [0.29, 0.717) is 25.2 Å². The maximum atomic E-state index is 12.5. The van der Waals surface area contributed by atoms with Crippen LogP contribution in [0.25, 0.3) is 0 Å². The van der Waals surface area contributed by atoms with E-state index < -0.39 is 11.7 Å². The monoisotopic (exact) mass is 350 g/mol. The molecular formula is C14H18ClF3N4O. The van der Waals surface area contributed by atoms with Crippen molar-refractivity contribution in [2.45, 2.75) is 13.1 Å². The van der Waals surface area contributed by atoms with Crippen LogP contribution in [-0.2, 0) is 6.18 Å². The number of hydrogen-bond acceptors (Lipinski definition) is 3. The van der Waals surface area contributed by atoms with Crippen LogP contribution in [0.2, 0.25) is 5.02 Å². The number of halogens is 4.